The van der Waals surface area contributed by atoms with Gasteiger partial charge in [-0.1, -0.05) is 24.9 Å². The van der Waals surface area contributed by atoms with Crippen LogP contribution in [-0.4, -0.2) is 19.9 Å². The fourth-order valence-corrected chi connectivity index (χ4v) is 3.46. The normalized spacial score (nSPS) is 12.3. The highest BCUT2D eigenvalue weighted by molar-refractivity contribution is 8.13. The summed E-state index contributed by atoms with van der Waals surface area (Å²) in [6.07, 6.45) is 1.52. The lowest BCUT2D eigenvalue weighted by molar-refractivity contribution is 0.0904. The highest BCUT2D eigenvalue weighted by atomic mass is 35.7. The van der Waals surface area contributed by atoms with Crippen LogP contribution in [0.2, 0.25) is 5.02 Å². The van der Waals surface area contributed by atoms with Gasteiger partial charge in [-0.15, -0.1) is 0 Å². The second-order valence-corrected chi connectivity index (χ2v) is 8.23. The number of halogens is 3. The number of benzene rings is 1. The Balaban J connectivity index is 3.22. The first-order chi connectivity index (χ1) is 9.48. The van der Waals surface area contributed by atoms with Crippen LogP contribution in [0, 0.1) is 5.82 Å². The maximum Gasteiger partial charge on any atom is 0.262 e. The van der Waals surface area contributed by atoms with Crippen molar-refractivity contribution in [1.29, 1.82) is 0 Å². The molecule has 1 N–H and O–H groups in total. The van der Waals surface area contributed by atoms with Crippen LogP contribution in [-0.2, 0) is 9.05 Å². The fraction of sp³-hybridized carbons (Fsp3) is 0.462. The monoisotopic (exact) mass is 355 g/mol. The zero-order valence-corrected chi connectivity index (χ0v) is 14.2. The van der Waals surface area contributed by atoms with Gasteiger partial charge in [0.25, 0.3) is 15.0 Å². The second-order valence-electron chi connectivity index (χ2n) is 5.29. The van der Waals surface area contributed by atoms with E-state index < -0.39 is 36.8 Å². The summed E-state index contributed by atoms with van der Waals surface area (Å²) in [5.74, 6) is -1.63. The summed E-state index contributed by atoms with van der Waals surface area (Å²) in [5.41, 5.74) is -0.958. The topological polar surface area (TPSA) is 63.2 Å². The molecule has 0 aliphatic heterocycles. The van der Waals surface area contributed by atoms with Gasteiger partial charge < -0.3 is 5.32 Å². The van der Waals surface area contributed by atoms with E-state index >= 15 is 0 Å². The molecule has 0 bridgehead atoms. The van der Waals surface area contributed by atoms with Crippen molar-refractivity contribution in [2.45, 2.75) is 44.0 Å². The van der Waals surface area contributed by atoms with Gasteiger partial charge in [-0.25, -0.2) is 12.8 Å². The largest absolute Gasteiger partial charge is 0.347 e. The summed E-state index contributed by atoms with van der Waals surface area (Å²) in [5, 5.41) is 2.28. The lowest BCUT2D eigenvalue weighted by Crippen LogP contribution is -2.43. The summed E-state index contributed by atoms with van der Waals surface area (Å²) >= 11 is 5.64. The highest BCUT2D eigenvalue weighted by Gasteiger charge is 2.25. The van der Waals surface area contributed by atoms with Crippen LogP contribution in [0.1, 0.15) is 44.0 Å². The van der Waals surface area contributed by atoms with Crippen LogP contribution in [0.15, 0.2) is 17.0 Å². The first kappa shape index (κ1) is 18.2. The molecular weight excluding hydrogens is 340 g/mol. The molecule has 1 amide bonds. The van der Waals surface area contributed by atoms with E-state index in [1.54, 1.807) is 13.8 Å². The third-order valence-electron chi connectivity index (χ3n) is 2.86. The third kappa shape index (κ3) is 4.83. The van der Waals surface area contributed by atoms with Crippen LogP contribution < -0.4 is 5.32 Å². The van der Waals surface area contributed by atoms with Gasteiger partial charge in [0.15, 0.2) is 0 Å². The number of amides is 1. The van der Waals surface area contributed by atoms with Crippen LogP contribution in [0.5, 0.6) is 0 Å². The number of hydrogen-bond acceptors (Lipinski definition) is 3. The fourth-order valence-electron chi connectivity index (χ4n) is 1.95. The third-order valence-corrected chi connectivity index (χ3v) is 4.64. The summed E-state index contributed by atoms with van der Waals surface area (Å²) in [6.45, 7) is 5.54. The Hall–Kier alpha value is -0.850. The van der Waals surface area contributed by atoms with Crippen molar-refractivity contribution in [3.05, 3.63) is 28.5 Å². The maximum absolute atomic E-state index is 13.8. The van der Waals surface area contributed by atoms with E-state index in [0.29, 0.717) is 6.42 Å². The van der Waals surface area contributed by atoms with Gasteiger partial charge in [0.2, 0.25) is 0 Å². The molecule has 0 radical (unpaired) electrons. The van der Waals surface area contributed by atoms with E-state index in [1.165, 1.54) is 0 Å². The van der Waals surface area contributed by atoms with Gasteiger partial charge in [0.1, 0.15) is 10.7 Å². The molecule has 0 heterocycles. The van der Waals surface area contributed by atoms with Gasteiger partial charge in [0, 0.05) is 16.2 Å². The molecule has 0 saturated carbocycles. The molecule has 0 fully saturated rings. The average molecular weight is 356 g/mol. The SMILES string of the molecule is CCCC(C)(C)NC(=O)c1cc(S(=O)(=O)Cl)c(Cl)cc1F. The Labute approximate surface area is 133 Å². The Morgan fingerprint density at radius 3 is 2.43 bits per heavy atom. The summed E-state index contributed by atoms with van der Waals surface area (Å²) in [7, 11) is 1.04. The minimum absolute atomic E-state index is 0.369. The smallest absolute Gasteiger partial charge is 0.262 e. The Morgan fingerprint density at radius 2 is 1.95 bits per heavy atom. The lowest BCUT2D eigenvalue weighted by atomic mass is 9.98. The van der Waals surface area contributed by atoms with E-state index in [-0.39, 0.29) is 5.02 Å². The van der Waals surface area contributed by atoms with E-state index in [2.05, 4.69) is 5.32 Å². The maximum atomic E-state index is 13.8. The second kappa shape index (κ2) is 6.50. The number of nitrogens with one attached hydrogen (secondary N) is 1. The van der Waals surface area contributed by atoms with Gasteiger partial charge >= 0.3 is 0 Å². The zero-order chi connectivity index (χ0) is 16.4. The van der Waals surface area contributed by atoms with Crippen molar-refractivity contribution in [2.24, 2.45) is 0 Å². The molecule has 8 heteroatoms. The minimum atomic E-state index is -4.17. The minimum Gasteiger partial charge on any atom is -0.347 e. The van der Waals surface area contributed by atoms with E-state index in [1.807, 2.05) is 6.92 Å². The molecule has 0 aliphatic rings. The molecule has 0 aliphatic carbocycles. The Bertz CT molecular complexity index is 660. The summed E-state index contributed by atoms with van der Waals surface area (Å²) in [6, 6.07) is 1.61. The molecule has 0 unspecified atom stereocenters. The van der Waals surface area contributed by atoms with Crippen molar-refractivity contribution in [1.82, 2.24) is 5.32 Å². The van der Waals surface area contributed by atoms with Gasteiger partial charge in [0.05, 0.1) is 10.6 Å². The van der Waals surface area contributed by atoms with Gasteiger partial charge in [-0.3, -0.25) is 4.79 Å². The zero-order valence-electron chi connectivity index (χ0n) is 11.8. The van der Waals surface area contributed by atoms with E-state index in [9.17, 15) is 17.6 Å². The lowest BCUT2D eigenvalue weighted by Gasteiger charge is -2.26. The molecule has 118 valence electrons. The molecule has 1 aromatic carbocycles. The van der Waals surface area contributed by atoms with Crippen molar-refractivity contribution >= 4 is 37.2 Å². The molecule has 0 aromatic heterocycles. The van der Waals surface area contributed by atoms with Crippen LogP contribution in [0.3, 0.4) is 0 Å². The first-order valence-corrected chi connectivity index (χ1v) is 8.93. The first-order valence-electron chi connectivity index (χ1n) is 6.24. The van der Waals surface area contributed by atoms with Crippen molar-refractivity contribution < 1.29 is 17.6 Å². The highest BCUT2D eigenvalue weighted by Crippen LogP contribution is 2.28. The van der Waals surface area contributed by atoms with Crippen LogP contribution in [0.25, 0.3) is 0 Å². The number of rotatable bonds is 5. The molecular formula is C13H16Cl2FNO3S. The molecule has 4 nitrogen and oxygen atoms in total. The van der Waals surface area contributed by atoms with E-state index in [4.69, 9.17) is 22.3 Å². The van der Waals surface area contributed by atoms with Crippen molar-refractivity contribution in [3.8, 4) is 0 Å². The Morgan fingerprint density at radius 1 is 1.38 bits per heavy atom. The average Bonchev–Trinajstić information content (AvgIpc) is 2.25. The molecule has 0 saturated heterocycles. The number of carbonyl (C=O) groups is 1. The summed E-state index contributed by atoms with van der Waals surface area (Å²) in [4.78, 5) is 11.6. The molecule has 21 heavy (non-hydrogen) atoms. The molecule has 1 rings (SSSR count). The predicted molar refractivity (Wildman–Crippen MR) is 80.9 cm³/mol. The molecule has 0 spiro atoms. The van der Waals surface area contributed by atoms with Crippen LogP contribution >= 0.6 is 22.3 Å². The van der Waals surface area contributed by atoms with Crippen LogP contribution in [0.4, 0.5) is 4.39 Å². The van der Waals surface area contributed by atoms with Crippen molar-refractivity contribution in [2.75, 3.05) is 0 Å². The van der Waals surface area contributed by atoms with Gasteiger partial charge in [-0.2, -0.15) is 0 Å². The Kier molecular flexibility index (Phi) is 5.63. The van der Waals surface area contributed by atoms with Gasteiger partial charge in [-0.05, 0) is 32.4 Å². The van der Waals surface area contributed by atoms with E-state index in [0.717, 1.165) is 18.6 Å². The van der Waals surface area contributed by atoms with Crippen molar-refractivity contribution in [3.63, 3.8) is 0 Å². The summed E-state index contributed by atoms with van der Waals surface area (Å²) < 4.78 is 36.6. The quantitative estimate of drug-likeness (QED) is 0.818. The number of hydrogen-bond donors (Lipinski definition) is 1. The molecule has 1 aromatic rings. The molecule has 0 atom stereocenters. The predicted octanol–water partition coefficient (Wildman–Crippen LogP) is 3.72. The number of carbonyl (C=O) groups excluding carboxylic acids is 1. The standard InChI is InChI=1S/C13H16Cl2FNO3S/c1-4-5-13(2,3)17-12(18)8-6-11(21(15,19)20)9(14)7-10(8)16/h6-7H,4-5H2,1-3H3,(H,17,18).